The maximum absolute atomic E-state index is 12.2. The molecule has 0 aromatic carbocycles. The van der Waals surface area contributed by atoms with Crippen molar-refractivity contribution in [1.29, 1.82) is 0 Å². The highest BCUT2D eigenvalue weighted by atomic mass is 16.6. The van der Waals surface area contributed by atoms with Gasteiger partial charge in [-0.2, -0.15) is 0 Å². The van der Waals surface area contributed by atoms with Crippen LogP contribution in [-0.2, 0) is 23.8 Å². The molecule has 0 radical (unpaired) electrons. The van der Waals surface area contributed by atoms with Crippen molar-refractivity contribution in [2.24, 2.45) is 41.2 Å². The van der Waals surface area contributed by atoms with Crippen molar-refractivity contribution in [1.82, 2.24) is 5.32 Å². The normalized spacial score (nSPS) is 35.6. The smallest absolute Gasteiger partial charge is 0.302 e. The van der Waals surface area contributed by atoms with Crippen molar-refractivity contribution in [3.8, 4) is 0 Å². The van der Waals surface area contributed by atoms with Gasteiger partial charge in [-0.15, -0.1) is 0 Å². The van der Waals surface area contributed by atoms with Crippen LogP contribution in [-0.4, -0.2) is 61.3 Å². The Labute approximate surface area is 260 Å². The number of nitrogens with one attached hydrogen (secondary N) is 1. The van der Waals surface area contributed by atoms with Crippen LogP contribution >= 0.6 is 0 Å². The summed E-state index contributed by atoms with van der Waals surface area (Å²) in [5, 5.41) is 14.2. The second kappa shape index (κ2) is 17.5. The maximum atomic E-state index is 12.2. The predicted molar refractivity (Wildman–Crippen MR) is 168 cm³/mol. The summed E-state index contributed by atoms with van der Waals surface area (Å²) in [6.07, 6.45) is 18.8. The van der Waals surface area contributed by atoms with Gasteiger partial charge < -0.3 is 30.4 Å². The van der Waals surface area contributed by atoms with Crippen LogP contribution in [0.5, 0.6) is 0 Å². The fourth-order valence-corrected chi connectivity index (χ4v) is 9.34. The van der Waals surface area contributed by atoms with Crippen LogP contribution in [0.3, 0.4) is 0 Å². The molecule has 1 saturated heterocycles. The van der Waals surface area contributed by atoms with Gasteiger partial charge in [0.2, 0.25) is 0 Å². The lowest BCUT2D eigenvalue weighted by Crippen LogP contribution is -2.49. The van der Waals surface area contributed by atoms with Crippen LogP contribution in [0.1, 0.15) is 129 Å². The molecule has 0 amide bonds. The second-order valence-electron chi connectivity index (χ2n) is 14.7. The van der Waals surface area contributed by atoms with Crippen LogP contribution < -0.4 is 11.1 Å². The number of piperidine rings is 1. The molecule has 0 bridgehead atoms. The number of nitrogens with two attached hydrogens (primary N) is 1. The summed E-state index contributed by atoms with van der Waals surface area (Å²) in [5.41, 5.74) is 6.27. The molecule has 8 atom stereocenters. The van der Waals surface area contributed by atoms with Gasteiger partial charge in [-0.1, -0.05) is 57.8 Å². The van der Waals surface area contributed by atoms with Gasteiger partial charge in [0.25, 0.3) is 0 Å². The van der Waals surface area contributed by atoms with E-state index in [0.717, 1.165) is 63.3 Å². The lowest BCUT2D eigenvalue weighted by atomic mass is 9.66. The minimum Gasteiger partial charge on any atom is -0.462 e. The third-order valence-corrected chi connectivity index (χ3v) is 11.5. The number of esters is 2. The van der Waals surface area contributed by atoms with E-state index in [9.17, 15) is 14.7 Å². The Morgan fingerprint density at radius 1 is 0.860 bits per heavy atom. The van der Waals surface area contributed by atoms with Crippen LogP contribution in [0, 0.1) is 35.5 Å². The molecule has 4 rings (SSSR count). The number of methoxy groups -OCH3 is 1. The lowest BCUT2D eigenvalue weighted by Gasteiger charge is -2.45. The predicted octanol–water partition coefficient (Wildman–Crippen LogP) is 5.87. The van der Waals surface area contributed by atoms with E-state index in [1.165, 1.54) is 78.1 Å². The molecule has 1 aliphatic heterocycles. The van der Waals surface area contributed by atoms with Gasteiger partial charge in [0.15, 0.2) is 0 Å². The fraction of sp³-hybridized carbons (Fsp3) is 0.943. The highest BCUT2D eigenvalue weighted by Crippen LogP contribution is 2.43. The first kappa shape index (κ1) is 34.6. The average molecular weight is 607 g/mol. The molecule has 0 spiro atoms. The summed E-state index contributed by atoms with van der Waals surface area (Å²) in [5.74, 6) is 2.98. The monoisotopic (exact) mass is 606 g/mol. The number of carbonyl (C=O) groups is 2. The standard InChI is InChI=1S/C35H62N2O6/c1-23(38)42-30(14-13-28-19-34(41-3)33(40)22-32(28)29-15-16-37-35(36)20-29)21-31(43-24(2)39)18-27-11-9-26(10-12-27)17-25-7-5-4-6-8-25/h25-35,37,40H,4-22,36H2,1-3H3/t26?,27?,28?,29?,30-,31+,32?,33?,34?,35?/m1/s1. The summed E-state index contributed by atoms with van der Waals surface area (Å²) in [6.45, 7) is 3.86. The van der Waals surface area contributed by atoms with Crippen molar-refractivity contribution in [2.75, 3.05) is 13.7 Å². The van der Waals surface area contributed by atoms with E-state index in [0.29, 0.717) is 30.1 Å². The number of carbonyl (C=O) groups excluding carboxylic acids is 2. The zero-order valence-corrected chi connectivity index (χ0v) is 27.4. The van der Waals surface area contributed by atoms with Crippen LogP contribution in [0.4, 0.5) is 0 Å². The average Bonchev–Trinajstić information content (AvgIpc) is 2.97. The molecule has 1 heterocycles. The van der Waals surface area contributed by atoms with Gasteiger partial charge in [-0.3, -0.25) is 9.59 Å². The fourth-order valence-electron chi connectivity index (χ4n) is 9.34. The van der Waals surface area contributed by atoms with Crippen molar-refractivity contribution in [2.45, 2.75) is 160 Å². The lowest BCUT2D eigenvalue weighted by molar-refractivity contribution is -0.154. The highest BCUT2D eigenvalue weighted by molar-refractivity contribution is 5.66. The molecule has 6 unspecified atom stereocenters. The molecule has 43 heavy (non-hydrogen) atoms. The van der Waals surface area contributed by atoms with E-state index < -0.39 is 6.10 Å². The van der Waals surface area contributed by atoms with Crippen LogP contribution in [0.25, 0.3) is 0 Å². The molecule has 4 N–H and O–H groups in total. The van der Waals surface area contributed by atoms with Crippen molar-refractivity contribution >= 4 is 11.9 Å². The summed E-state index contributed by atoms with van der Waals surface area (Å²) < 4.78 is 17.4. The topological polar surface area (TPSA) is 120 Å². The van der Waals surface area contributed by atoms with Gasteiger partial charge in [0.1, 0.15) is 12.2 Å². The first-order valence-corrected chi connectivity index (χ1v) is 17.7. The van der Waals surface area contributed by atoms with Crippen LogP contribution in [0.15, 0.2) is 0 Å². The molecule has 0 aromatic heterocycles. The molecule has 0 aromatic rings. The van der Waals surface area contributed by atoms with Gasteiger partial charge in [0.05, 0.1) is 18.4 Å². The third-order valence-electron chi connectivity index (χ3n) is 11.5. The number of ether oxygens (including phenoxy) is 3. The zero-order chi connectivity index (χ0) is 30.8. The molecule has 8 heteroatoms. The maximum Gasteiger partial charge on any atom is 0.302 e. The van der Waals surface area contributed by atoms with E-state index in [4.69, 9.17) is 19.9 Å². The number of rotatable bonds is 13. The van der Waals surface area contributed by atoms with Crippen molar-refractivity contribution in [3.05, 3.63) is 0 Å². The molecular formula is C35H62N2O6. The summed E-state index contributed by atoms with van der Waals surface area (Å²) >= 11 is 0. The molecule has 248 valence electrons. The van der Waals surface area contributed by atoms with E-state index in [1.54, 1.807) is 7.11 Å². The van der Waals surface area contributed by atoms with Crippen molar-refractivity contribution < 1.29 is 28.9 Å². The Kier molecular flexibility index (Phi) is 14.1. The summed E-state index contributed by atoms with van der Waals surface area (Å²) in [6, 6.07) is 0. The number of hydrogen-bond acceptors (Lipinski definition) is 8. The number of aliphatic hydroxyl groups excluding tert-OH is 1. The van der Waals surface area contributed by atoms with E-state index in [-0.39, 0.29) is 36.4 Å². The van der Waals surface area contributed by atoms with Gasteiger partial charge in [-0.25, -0.2) is 0 Å². The Hall–Kier alpha value is -1.22. The Bertz CT molecular complexity index is 842. The van der Waals surface area contributed by atoms with Crippen LogP contribution in [0.2, 0.25) is 0 Å². The molecule has 8 nitrogen and oxygen atoms in total. The number of aliphatic hydroxyl groups is 1. The minimum atomic E-state index is -0.465. The first-order chi connectivity index (χ1) is 20.7. The molecule has 4 aliphatic rings. The third kappa shape index (κ3) is 11.3. The van der Waals surface area contributed by atoms with Gasteiger partial charge in [-0.05, 0) is 93.4 Å². The zero-order valence-electron chi connectivity index (χ0n) is 27.4. The van der Waals surface area contributed by atoms with Gasteiger partial charge >= 0.3 is 11.9 Å². The minimum absolute atomic E-state index is 0.00250. The second-order valence-corrected chi connectivity index (χ2v) is 14.7. The van der Waals surface area contributed by atoms with Crippen molar-refractivity contribution in [3.63, 3.8) is 0 Å². The Balaban J connectivity index is 1.34. The number of hydrogen-bond donors (Lipinski definition) is 3. The Morgan fingerprint density at radius 2 is 1.51 bits per heavy atom. The molecular weight excluding hydrogens is 544 g/mol. The summed E-state index contributed by atoms with van der Waals surface area (Å²) in [7, 11) is 1.68. The SMILES string of the molecule is COC1CC(CC[C@H](C[C@H](CC2CCC(CC3CCCCC3)CC2)OC(C)=O)OC(C)=O)C(C2CCNC(N)C2)CC1O. The highest BCUT2D eigenvalue weighted by Gasteiger charge is 2.41. The van der Waals surface area contributed by atoms with Gasteiger partial charge in [0, 0.05) is 27.4 Å². The molecule has 4 fully saturated rings. The summed E-state index contributed by atoms with van der Waals surface area (Å²) in [4.78, 5) is 24.3. The van der Waals surface area contributed by atoms with E-state index in [2.05, 4.69) is 5.32 Å². The first-order valence-electron chi connectivity index (χ1n) is 17.7. The largest absolute Gasteiger partial charge is 0.462 e. The molecule has 3 saturated carbocycles. The quantitative estimate of drug-likeness (QED) is 0.223. The van der Waals surface area contributed by atoms with E-state index >= 15 is 0 Å². The molecule has 3 aliphatic carbocycles. The Morgan fingerprint density at radius 3 is 2.16 bits per heavy atom. The van der Waals surface area contributed by atoms with E-state index in [1.807, 2.05) is 0 Å².